The van der Waals surface area contributed by atoms with E-state index < -0.39 is 0 Å². The minimum absolute atomic E-state index is 0.579. The highest BCUT2D eigenvalue weighted by atomic mass is 15.2. The molecule has 2 N–H and O–H groups in total. The summed E-state index contributed by atoms with van der Waals surface area (Å²) in [6, 6.07) is 5.91. The van der Waals surface area contributed by atoms with Crippen LogP contribution in [0, 0.1) is 5.92 Å². The summed E-state index contributed by atoms with van der Waals surface area (Å²) in [5, 5.41) is 3.40. The van der Waals surface area contributed by atoms with E-state index >= 15 is 0 Å². The standard InChI is InChI=1S/C15H17N7/c1-2-5-16-12(3-1)17-7-11-4-6-22(8-11)15-13-14(19-9-18-13)20-10-21-15/h1-3,5,9-11H,4,6-8H2,(H,16,17)(H,18,19,20,21)/t11-/m0/s1. The van der Waals surface area contributed by atoms with E-state index in [-0.39, 0.29) is 0 Å². The van der Waals surface area contributed by atoms with Crippen molar-refractivity contribution in [2.24, 2.45) is 5.92 Å². The first-order chi connectivity index (χ1) is 10.9. The van der Waals surface area contributed by atoms with Crippen LogP contribution in [-0.4, -0.2) is 44.6 Å². The van der Waals surface area contributed by atoms with Crippen molar-refractivity contribution in [3.8, 4) is 0 Å². The number of fused-ring (bicyclic) bond motifs is 1. The molecular formula is C15H17N7. The number of anilines is 2. The summed E-state index contributed by atoms with van der Waals surface area (Å²) in [6.07, 6.45) is 6.19. The molecule has 7 heteroatoms. The van der Waals surface area contributed by atoms with E-state index in [1.165, 1.54) is 0 Å². The Morgan fingerprint density at radius 3 is 3.14 bits per heavy atom. The van der Waals surface area contributed by atoms with Gasteiger partial charge in [-0.15, -0.1) is 0 Å². The lowest BCUT2D eigenvalue weighted by Crippen LogP contribution is -2.23. The smallest absolute Gasteiger partial charge is 0.182 e. The van der Waals surface area contributed by atoms with Gasteiger partial charge in [-0.3, -0.25) is 0 Å². The minimum Gasteiger partial charge on any atom is -0.370 e. The fourth-order valence-electron chi connectivity index (χ4n) is 2.90. The quantitative estimate of drug-likeness (QED) is 0.762. The van der Waals surface area contributed by atoms with Crippen LogP contribution in [0.15, 0.2) is 37.1 Å². The number of aromatic nitrogens is 5. The van der Waals surface area contributed by atoms with Crippen molar-refractivity contribution in [1.29, 1.82) is 0 Å². The lowest BCUT2D eigenvalue weighted by molar-refractivity contribution is 0.621. The molecule has 1 saturated heterocycles. The number of hydrogen-bond donors (Lipinski definition) is 2. The van der Waals surface area contributed by atoms with Gasteiger partial charge in [-0.05, 0) is 24.5 Å². The summed E-state index contributed by atoms with van der Waals surface area (Å²) in [5.41, 5.74) is 1.64. The fourth-order valence-corrected chi connectivity index (χ4v) is 2.90. The second kappa shape index (κ2) is 5.59. The summed E-state index contributed by atoms with van der Waals surface area (Å²) in [4.78, 5) is 22.5. The number of H-pyrrole nitrogens is 1. The van der Waals surface area contributed by atoms with Gasteiger partial charge in [0, 0.05) is 25.8 Å². The van der Waals surface area contributed by atoms with Crippen LogP contribution in [0.2, 0.25) is 0 Å². The van der Waals surface area contributed by atoms with Crippen molar-refractivity contribution in [1.82, 2.24) is 24.9 Å². The average molecular weight is 295 g/mol. The van der Waals surface area contributed by atoms with Gasteiger partial charge < -0.3 is 15.2 Å². The summed E-state index contributed by atoms with van der Waals surface area (Å²) in [6.45, 7) is 2.90. The first-order valence-corrected chi connectivity index (χ1v) is 7.44. The molecule has 0 aliphatic carbocycles. The Labute approximate surface area is 127 Å². The molecule has 3 aromatic rings. The van der Waals surface area contributed by atoms with Gasteiger partial charge in [0.25, 0.3) is 0 Å². The Balaban J connectivity index is 1.43. The van der Waals surface area contributed by atoms with Crippen molar-refractivity contribution in [2.75, 3.05) is 29.9 Å². The van der Waals surface area contributed by atoms with Gasteiger partial charge in [0.1, 0.15) is 17.7 Å². The maximum Gasteiger partial charge on any atom is 0.182 e. The zero-order valence-electron chi connectivity index (χ0n) is 12.1. The van der Waals surface area contributed by atoms with Crippen LogP contribution in [0.25, 0.3) is 11.2 Å². The second-order valence-electron chi connectivity index (χ2n) is 5.50. The molecule has 0 amide bonds. The molecule has 4 heterocycles. The molecule has 1 fully saturated rings. The third kappa shape index (κ3) is 2.45. The van der Waals surface area contributed by atoms with Gasteiger partial charge in [-0.1, -0.05) is 6.07 Å². The average Bonchev–Trinajstić information content (AvgIpc) is 3.22. The summed E-state index contributed by atoms with van der Waals surface area (Å²) in [7, 11) is 0. The van der Waals surface area contributed by atoms with Crippen molar-refractivity contribution in [2.45, 2.75) is 6.42 Å². The van der Waals surface area contributed by atoms with Crippen molar-refractivity contribution < 1.29 is 0 Å². The molecule has 1 aliphatic heterocycles. The first kappa shape index (κ1) is 13.0. The molecule has 7 nitrogen and oxygen atoms in total. The fraction of sp³-hybridized carbons (Fsp3) is 0.333. The molecule has 0 saturated carbocycles. The summed E-state index contributed by atoms with van der Waals surface area (Å²) < 4.78 is 0. The Morgan fingerprint density at radius 1 is 1.23 bits per heavy atom. The van der Waals surface area contributed by atoms with Gasteiger partial charge in [0.2, 0.25) is 0 Å². The molecular weight excluding hydrogens is 278 g/mol. The van der Waals surface area contributed by atoms with Crippen LogP contribution in [-0.2, 0) is 0 Å². The van der Waals surface area contributed by atoms with E-state index in [9.17, 15) is 0 Å². The Bertz CT molecular complexity index is 755. The third-order valence-corrected chi connectivity index (χ3v) is 4.03. The van der Waals surface area contributed by atoms with E-state index in [4.69, 9.17) is 0 Å². The van der Waals surface area contributed by atoms with Crippen LogP contribution in [0.4, 0.5) is 11.6 Å². The number of rotatable bonds is 4. The van der Waals surface area contributed by atoms with Crippen molar-refractivity contribution in [3.63, 3.8) is 0 Å². The maximum absolute atomic E-state index is 4.42. The molecule has 0 radical (unpaired) electrons. The van der Waals surface area contributed by atoms with E-state index in [0.29, 0.717) is 5.92 Å². The lowest BCUT2D eigenvalue weighted by atomic mass is 10.1. The first-order valence-electron chi connectivity index (χ1n) is 7.44. The predicted octanol–water partition coefficient (Wildman–Crippen LogP) is 1.69. The van der Waals surface area contributed by atoms with Crippen LogP contribution >= 0.6 is 0 Å². The van der Waals surface area contributed by atoms with Gasteiger partial charge in [-0.2, -0.15) is 0 Å². The largest absolute Gasteiger partial charge is 0.370 e. The van der Waals surface area contributed by atoms with Crippen LogP contribution in [0.3, 0.4) is 0 Å². The number of hydrogen-bond acceptors (Lipinski definition) is 6. The normalized spacial score (nSPS) is 18.0. The highest BCUT2D eigenvalue weighted by Crippen LogP contribution is 2.26. The van der Waals surface area contributed by atoms with E-state index in [2.05, 4.69) is 35.1 Å². The minimum atomic E-state index is 0.579. The van der Waals surface area contributed by atoms with Crippen molar-refractivity contribution >= 4 is 22.8 Å². The summed E-state index contributed by atoms with van der Waals surface area (Å²) >= 11 is 0. The van der Waals surface area contributed by atoms with Gasteiger partial charge in [-0.25, -0.2) is 19.9 Å². The van der Waals surface area contributed by atoms with E-state index in [1.54, 1.807) is 18.9 Å². The van der Waals surface area contributed by atoms with Gasteiger partial charge >= 0.3 is 0 Å². The Kier molecular flexibility index (Phi) is 3.30. The highest BCUT2D eigenvalue weighted by molar-refractivity contribution is 5.82. The SMILES string of the molecule is c1ccc(NC[C@@H]2CCN(c3ncnc4nc[nH]c34)C2)nc1. The number of nitrogens with zero attached hydrogens (tertiary/aromatic N) is 5. The molecule has 0 aromatic carbocycles. The Morgan fingerprint density at radius 2 is 2.23 bits per heavy atom. The number of imidazole rings is 1. The predicted molar refractivity (Wildman–Crippen MR) is 84.7 cm³/mol. The molecule has 3 aromatic heterocycles. The van der Waals surface area contributed by atoms with Crippen LogP contribution < -0.4 is 10.2 Å². The zero-order valence-corrected chi connectivity index (χ0v) is 12.1. The summed E-state index contributed by atoms with van der Waals surface area (Å²) in [5.74, 6) is 2.46. The zero-order chi connectivity index (χ0) is 14.8. The van der Waals surface area contributed by atoms with Crippen LogP contribution in [0.5, 0.6) is 0 Å². The van der Waals surface area contributed by atoms with Gasteiger partial charge in [0.05, 0.1) is 6.33 Å². The van der Waals surface area contributed by atoms with Crippen LogP contribution in [0.1, 0.15) is 6.42 Å². The molecule has 1 atom stereocenters. The highest BCUT2D eigenvalue weighted by Gasteiger charge is 2.25. The number of nitrogens with one attached hydrogen (secondary N) is 2. The monoisotopic (exact) mass is 295 g/mol. The molecule has 0 bridgehead atoms. The van der Waals surface area contributed by atoms with Gasteiger partial charge in [0.15, 0.2) is 11.5 Å². The molecule has 0 unspecified atom stereocenters. The molecule has 1 aliphatic rings. The lowest BCUT2D eigenvalue weighted by Gasteiger charge is -2.18. The third-order valence-electron chi connectivity index (χ3n) is 4.03. The maximum atomic E-state index is 4.42. The molecule has 0 spiro atoms. The molecule has 22 heavy (non-hydrogen) atoms. The van der Waals surface area contributed by atoms with E-state index in [1.807, 2.05) is 18.2 Å². The second-order valence-corrected chi connectivity index (χ2v) is 5.50. The molecule has 4 rings (SSSR count). The Hall–Kier alpha value is -2.70. The number of aromatic amines is 1. The van der Waals surface area contributed by atoms with Crippen molar-refractivity contribution in [3.05, 3.63) is 37.1 Å². The topological polar surface area (TPSA) is 82.6 Å². The van der Waals surface area contributed by atoms with E-state index in [0.717, 1.165) is 48.9 Å². The molecule has 112 valence electrons. The number of pyridine rings is 1.